The summed E-state index contributed by atoms with van der Waals surface area (Å²) in [6.07, 6.45) is -10.4. The van der Waals surface area contributed by atoms with Crippen LogP contribution in [0.4, 0.5) is 0 Å². The summed E-state index contributed by atoms with van der Waals surface area (Å²) < 4.78 is 47.1. The summed E-state index contributed by atoms with van der Waals surface area (Å²) >= 11 is 0.656. The fourth-order valence-corrected chi connectivity index (χ4v) is 7.09. The molecule has 0 aromatic heterocycles. The third-order valence-electron chi connectivity index (χ3n) is 5.21. The Hall–Kier alpha value is 0.0300. The molecule has 2 heterocycles. The quantitative estimate of drug-likeness (QED) is 0.0207. The second kappa shape index (κ2) is 15.0. The Balaban J connectivity index is 1.86. The lowest BCUT2D eigenvalue weighted by Gasteiger charge is -2.39. The lowest BCUT2D eigenvalue weighted by Crippen LogP contribution is -2.57. The summed E-state index contributed by atoms with van der Waals surface area (Å²) in [5.41, 5.74) is -2.16. The van der Waals surface area contributed by atoms with Crippen LogP contribution in [0.25, 0.3) is 0 Å². The molecule has 0 bridgehead atoms. The van der Waals surface area contributed by atoms with Crippen molar-refractivity contribution >= 4 is 48.8 Å². The van der Waals surface area contributed by atoms with Crippen molar-refractivity contribution in [1.82, 2.24) is 0 Å². The molecule has 2 aliphatic rings. The molecule has 0 aromatic carbocycles. The predicted molar refractivity (Wildman–Crippen MR) is 127 cm³/mol. The van der Waals surface area contributed by atoms with Crippen molar-refractivity contribution < 1.29 is 67.6 Å². The maximum absolute atomic E-state index is 10.8. The molecule has 2 aliphatic heterocycles. The molecule has 2 saturated heterocycles. The van der Waals surface area contributed by atoms with Gasteiger partial charge in [0.05, 0.1) is 13.2 Å². The van der Waals surface area contributed by atoms with Crippen LogP contribution >= 0.6 is 33.3 Å². The molecule has 0 saturated carbocycles. The lowest BCUT2D eigenvalue weighted by atomic mass is 10.0. The summed E-state index contributed by atoms with van der Waals surface area (Å²) in [5.74, 6) is 0.485. The molecular weight excluding hydrogens is 570 g/mol. The Morgan fingerprint density at radius 1 is 0.833 bits per heavy atom. The summed E-state index contributed by atoms with van der Waals surface area (Å²) in [4.78, 5) is 0. The first kappa shape index (κ1) is 32.2. The average Bonchev–Trinajstić information content (AvgIpc) is 2.83. The molecule has 0 aromatic rings. The SMILES string of the molecule is O=S(=O)([O-])O/N=C(/CCCCSS[C@@H]1O[C@H](CO)[C@@H](O)[C@H](O)[C@H]1O)S[C@@H]1O[C@H](CO)[C@@H](O)[C@H](O)[C@H]1O. The number of nitrogens with zero attached hydrogens (tertiary/aromatic N) is 1. The number of hydrogen-bond donors (Lipinski definition) is 8. The summed E-state index contributed by atoms with van der Waals surface area (Å²) in [6, 6.07) is 0. The molecule has 36 heavy (non-hydrogen) atoms. The summed E-state index contributed by atoms with van der Waals surface area (Å²) in [7, 11) is -2.81. The van der Waals surface area contributed by atoms with Crippen LogP contribution in [0.2, 0.25) is 0 Å². The van der Waals surface area contributed by atoms with Crippen LogP contribution in [0.5, 0.6) is 0 Å². The smallest absolute Gasteiger partial charge is 0.284 e. The molecule has 0 spiro atoms. The predicted octanol–water partition coefficient (Wildman–Crippen LogP) is -3.34. The highest BCUT2D eigenvalue weighted by Crippen LogP contribution is 2.36. The minimum Gasteiger partial charge on any atom is -0.714 e. The third kappa shape index (κ3) is 9.35. The second-order valence-electron chi connectivity index (χ2n) is 7.86. The van der Waals surface area contributed by atoms with Crippen LogP contribution in [0.3, 0.4) is 0 Å². The van der Waals surface area contributed by atoms with Crippen molar-refractivity contribution in [1.29, 1.82) is 0 Å². The molecular formula is C17H30NO14S4-. The number of aliphatic hydroxyl groups is 8. The second-order valence-corrected chi connectivity index (χ2v) is 12.6. The van der Waals surface area contributed by atoms with E-state index in [2.05, 4.69) is 9.44 Å². The van der Waals surface area contributed by atoms with Crippen molar-refractivity contribution in [3.8, 4) is 0 Å². The Morgan fingerprint density at radius 2 is 1.36 bits per heavy atom. The Labute approximate surface area is 219 Å². The van der Waals surface area contributed by atoms with E-state index in [1.54, 1.807) is 0 Å². The zero-order chi connectivity index (χ0) is 27.0. The van der Waals surface area contributed by atoms with Gasteiger partial charge in [0.1, 0.15) is 64.7 Å². The Morgan fingerprint density at radius 3 is 1.89 bits per heavy atom. The maximum Gasteiger partial charge on any atom is 0.284 e. The number of thioether (sulfide) groups is 1. The van der Waals surface area contributed by atoms with E-state index >= 15 is 0 Å². The number of rotatable bonds is 12. The van der Waals surface area contributed by atoms with E-state index in [0.29, 0.717) is 30.4 Å². The van der Waals surface area contributed by atoms with Gasteiger partial charge in [-0.05, 0) is 19.3 Å². The normalized spacial score (nSPS) is 38.2. The van der Waals surface area contributed by atoms with Crippen LogP contribution in [-0.4, -0.2) is 138 Å². The summed E-state index contributed by atoms with van der Waals surface area (Å²) in [6.45, 7) is -1.20. The fraction of sp³-hybridized carbons (Fsp3) is 0.941. The van der Waals surface area contributed by atoms with Crippen molar-refractivity contribution in [3.05, 3.63) is 0 Å². The van der Waals surface area contributed by atoms with E-state index in [9.17, 15) is 53.8 Å². The Kier molecular flexibility index (Phi) is 13.4. The van der Waals surface area contributed by atoms with Gasteiger partial charge in [0.2, 0.25) is 0 Å². The minimum atomic E-state index is -5.17. The van der Waals surface area contributed by atoms with Gasteiger partial charge in [-0.2, -0.15) is 8.42 Å². The molecule has 10 atom stereocenters. The van der Waals surface area contributed by atoms with E-state index in [-0.39, 0.29) is 11.5 Å². The van der Waals surface area contributed by atoms with Gasteiger partial charge < -0.3 is 54.9 Å². The number of oxime groups is 1. The van der Waals surface area contributed by atoms with E-state index in [4.69, 9.17) is 9.47 Å². The number of hydrogen-bond acceptors (Lipinski definition) is 18. The van der Waals surface area contributed by atoms with E-state index in [1.165, 1.54) is 10.8 Å². The third-order valence-corrected chi connectivity index (χ3v) is 9.29. The van der Waals surface area contributed by atoms with Crippen LogP contribution in [-0.2, 0) is 24.2 Å². The van der Waals surface area contributed by atoms with E-state index in [1.807, 2.05) is 0 Å². The summed E-state index contributed by atoms with van der Waals surface area (Å²) in [5, 5.41) is 81.3. The van der Waals surface area contributed by atoms with Gasteiger partial charge in [-0.3, -0.25) is 4.28 Å². The van der Waals surface area contributed by atoms with Crippen LogP contribution in [0, 0.1) is 0 Å². The average molecular weight is 601 g/mol. The monoisotopic (exact) mass is 600 g/mol. The van der Waals surface area contributed by atoms with E-state index in [0.717, 1.165) is 10.8 Å². The highest BCUT2D eigenvalue weighted by Gasteiger charge is 2.45. The largest absolute Gasteiger partial charge is 0.714 e. The first-order chi connectivity index (χ1) is 16.9. The molecule has 15 nitrogen and oxygen atoms in total. The lowest BCUT2D eigenvalue weighted by molar-refractivity contribution is -0.205. The van der Waals surface area contributed by atoms with Crippen LogP contribution in [0.1, 0.15) is 19.3 Å². The molecule has 212 valence electrons. The van der Waals surface area contributed by atoms with Gasteiger partial charge in [-0.15, -0.1) is 0 Å². The zero-order valence-electron chi connectivity index (χ0n) is 18.6. The fourth-order valence-electron chi connectivity index (χ4n) is 3.21. The molecule has 2 rings (SSSR count). The maximum atomic E-state index is 10.8. The topological polar surface area (TPSA) is 259 Å². The minimum absolute atomic E-state index is 0.0645. The standard InChI is InChI=1S/C17H31NO14S4/c19-5-7-10(21)12(23)14(25)16(30-7)34-9(18-32-36(27,28)29)3-1-2-4-33-35-17-15(26)13(24)11(22)8(6-20)31-17/h7-8,10-17,19-26H,1-6H2,(H,27,28,29)/p-1/b18-9-/t7-,8-,10-,11-,12+,13+,14-,15-,16+,17+/m1/s1. The first-order valence-corrected chi connectivity index (χ1v) is 15.3. The van der Waals surface area contributed by atoms with Crippen LogP contribution < -0.4 is 0 Å². The van der Waals surface area contributed by atoms with Gasteiger partial charge in [-0.25, -0.2) is 0 Å². The van der Waals surface area contributed by atoms with Crippen molar-refractivity contribution in [2.75, 3.05) is 19.0 Å². The van der Waals surface area contributed by atoms with Gasteiger partial charge in [0.25, 0.3) is 10.4 Å². The number of unbranched alkanes of at least 4 members (excludes halogenated alkanes) is 1. The van der Waals surface area contributed by atoms with Gasteiger partial charge >= 0.3 is 0 Å². The molecule has 8 N–H and O–H groups in total. The highest BCUT2D eigenvalue weighted by atomic mass is 33.1. The number of aliphatic hydroxyl groups excluding tert-OH is 8. The molecule has 19 heteroatoms. The van der Waals surface area contributed by atoms with E-state index < -0.39 is 83.3 Å². The van der Waals surface area contributed by atoms with Gasteiger partial charge in [0, 0.05) is 5.75 Å². The van der Waals surface area contributed by atoms with Crippen molar-refractivity contribution in [3.63, 3.8) is 0 Å². The van der Waals surface area contributed by atoms with Crippen LogP contribution in [0.15, 0.2) is 5.16 Å². The molecule has 2 fully saturated rings. The van der Waals surface area contributed by atoms with Crippen molar-refractivity contribution in [2.45, 2.75) is 79.0 Å². The first-order valence-electron chi connectivity index (χ1n) is 10.7. The van der Waals surface area contributed by atoms with Crippen molar-refractivity contribution in [2.24, 2.45) is 5.16 Å². The molecule has 0 amide bonds. The van der Waals surface area contributed by atoms with Gasteiger partial charge in [0.15, 0.2) is 0 Å². The number of ether oxygens (including phenoxy) is 2. The zero-order valence-corrected chi connectivity index (χ0v) is 21.9. The van der Waals surface area contributed by atoms with Gasteiger partial charge in [-0.1, -0.05) is 38.5 Å². The molecule has 0 radical (unpaired) electrons. The Bertz CT molecular complexity index is 802. The molecule has 0 aliphatic carbocycles. The highest BCUT2D eigenvalue weighted by molar-refractivity contribution is 8.76. The molecule has 0 unspecified atom stereocenters.